The van der Waals surface area contributed by atoms with Crippen molar-refractivity contribution in [3.05, 3.63) is 23.1 Å². The number of aryl methyl sites for hydroxylation is 2. The molecule has 0 amide bonds. The van der Waals surface area contributed by atoms with Gasteiger partial charge in [0.25, 0.3) is 0 Å². The third-order valence-electron chi connectivity index (χ3n) is 3.66. The fourth-order valence-corrected chi connectivity index (χ4v) is 5.38. The van der Waals surface area contributed by atoms with Crippen LogP contribution >= 0.6 is 34.9 Å². The van der Waals surface area contributed by atoms with Crippen molar-refractivity contribution in [3.8, 4) is 0 Å². The number of hydrogen-bond acceptors (Lipinski definition) is 6. The first-order valence-electron chi connectivity index (χ1n) is 6.80. The fourth-order valence-electron chi connectivity index (χ4n) is 2.80. The Morgan fingerprint density at radius 1 is 1.33 bits per heavy atom. The van der Waals surface area contributed by atoms with Gasteiger partial charge in [-0.25, -0.2) is 9.38 Å². The van der Waals surface area contributed by atoms with Crippen LogP contribution in [0.15, 0.2) is 23.0 Å². The average molecular weight is 334 g/mol. The summed E-state index contributed by atoms with van der Waals surface area (Å²) in [7, 11) is 0. The Labute approximate surface area is 135 Å². The zero-order valence-corrected chi connectivity index (χ0v) is 14.1. The number of thiophene rings is 1. The maximum atomic E-state index is 4.85. The number of thioether (sulfide) groups is 2. The molecule has 0 spiro atoms. The van der Waals surface area contributed by atoms with E-state index < -0.39 is 0 Å². The van der Waals surface area contributed by atoms with Crippen LogP contribution in [-0.4, -0.2) is 31.6 Å². The van der Waals surface area contributed by atoms with Crippen molar-refractivity contribution >= 4 is 50.7 Å². The lowest BCUT2D eigenvalue weighted by Gasteiger charge is -2.05. The first-order chi connectivity index (χ1) is 10.3. The molecule has 108 valence electrons. The molecule has 0 unspecified atom stereocenters. The van der Waals surface area contributed by atoms with Crippen LogP contribution in [0.5, 0.6) is 0 Å². The molecule has 1 aliphatic carbocycles. The lowest BCUT2D eigenvalue weighted by molar-refractivity contribution is 0.819. The monoisotopic (exact) mass is 334 g/mol. The number of nitrogens with zero attached hydrogens (tertiary/aromatic N) is 4. The molecule has 0 saturated carbocycles. The highest BCUT2D eigenvalue weighted by atomic mass is 32.2. The van der Waals surface area contributed by atoms with E-state index in [4.69, 9.17) is 4.98 Å². The van der Waals surface area contributed by atoms with Gasteiger partial charge in [0, 0.05) is 10.6 Å². The van der Waals surface area contributed by atoms with Crippen LogP contribution in [0.2, 0.25) is 0 Å². The van der Waals surface area contributed by atoms with E-state index in [0.29, 0.717) is 0 Å². The third kappa shape index (κ3) is 2.02. The standard InChI is InChI=1S/C14H14N4S3/c1-3-7-20-14-17-16-11-10-8-5-4-6-9(8)21-12(10)15-13(19-2)18(11)14/h3H,1,4-7H2,2H3. The van der Waals surface area contributed by atoms with Gasteiger partial charge in [-0.1, -0.05) is 29.6 Å². The normalized spacial score (nSPS) is 14.1. The second-order valence-corrected chi connectivity index (χ2v) is 7.72. The molecule has 0 aliphatic heterocycles. The number of fused-ring (bicyclic) bond motifs is 5. The van der Waals surface area contributed by atoms with Gasteiger partial charge in [-0.3, -0.25) is 0 Å². The van der Waals surface area contributed by atoms with Gasteiger partial charge < -0.3 is 0 Å². The molecule has 3 aromatic heterocycles. The Kier molecular flexibility index (Phi) is 3.43. The van der Waals surface area contributed by atoms with Crippen LogP contribution in [0.25, 0.3) is 15.9 Å². The summed E-state index contributed by atoms with van der Waals surface area (Å²) in [4.78, 5) is 7.45. The molecule has 21 heavy (non-hydrogen) atoms. The molecule has 4 nitrogen and oxygen atoms in total. The molecule has 7 heteroatoms. The van der Waals surface area contributed by atoms with Gasteiger partial charge in [-0.15, -0.1) is 28.1 Å². The topological polar surface area (TPSA) is 43.1 Å². The van der Waals surface area contributed by atoms with Crippen molar-refractivity contribution in [2.24, 2.45) is 0 Å². The number of hydrogen-bond donors (Lipinski definition) is 0. The summed E-state index contributed by atoms with van der Waals surface area (Å²) in [5, 5.41) is 11.9. The predicted octanol–water partition coefficient (Wildman–Crippen LogP) is 3.83. The van der Waals surface area contributed by atoms with Crippen LogP contribution < -0.4 is 0 Å². The summed E-state index contributed by atoms with van der Waals surface area (Å²) in [6, 6.07) is 0. The molecule has 3 aromatic rings. The molecule has 0 radical (unpaired) electrons. The van der Waals surface area contributed by atoms with Crippen molar-refractivity contribution in [2.75, 3.05) is 12.0 Å². The largest absolute Gasteiger partial charge is 0.248 e. The summed E-state index contributed by atoms with van der Waals surface area (Å²) in [6.07, 6.45) is 7.52. The first kappa shape index (κ1) is 13.6. The molecule has 4 rings (SSSR count). The van der Waals surface area contributed by atoms with Crippen LogP contribution in [-0.2, 0) is 12.8 Å². The number of rotatable bonds is 4. The summed E-state index contributed by atoms with van der Waals surface area (Å²) in [5.41, 5.74) is 2.42. The molecule has 0 saturated heterocycles. The van der Waals surface area contributed by atoms with Crippen LogP contribution in [0.1, 0.15) is 16.9 Å². The Bertz CT molecular complexity index is 849. The van der Waals surface area contributed by atoms with E-state index in [9.17, 15) is 0 Å². The van der Waals surface area contributed by atoms with Gasteiger partial charge in [-0.2, -0.15) is 0 Å². The Morgan fingerprint density at radius 2 is 2.24 bits per heavy atom. The van der Waals surface area contributed by atoms with Crippen molar-refractivity contribution in [2.45, 2.75) is 29.6 Å². The second-order valence-electron chi connectivity index (χ2n) is 4.88. The number of aromatic nitrogens is 4. The maximum absolute atomic E-state index is 4.85. The van der Waals surface area contributed by atoms with Gasteiger partial charge in [0.2, 0.25) is 0 Å². The maximum Gasteiger partial charge on any atom is 0.198 e. The van der Waals surface area contributed by atoms with E-state index in [0.717, 1.165) is 33.0 Å². The van der Waals surface area contributed by atoms with Crippen molar-refractivity contribution in [3.63, 3.8) is 0 Å². The van der Waals surface area contributed by atoms with Crippen LogP contribution in [0.3, 0.4) is 0 Å². The van der Waals surface area contributed by atoms with Crippen molar-refractivity contribution < 1.29 is 0 Å². The zero-order chi connectivity index (χ0) is 14.4. The first-order valence-corrected chi connectivity index (χ1v) is 9.83. The van der Waals surface area contributed by atoms with E-state index in [2.05, 4.69) is 27.4 Å². The summed E-state index contributed by atoms with van der Waals surface area (Å²) in [6.45, 7) is 3.77. The van der Waals surface area contributed by atoms with Crippen LogP contribution in [0, 0.1) is 0 Å². The zero-order valence-electron chi connectivity index (χ0n) is 11.6. The van der Waals surface area contributed by atoms with E-state index >= 15 is 0 Å². The smallest absolute Gasteiger partial charge is 0.198 e. The SMILES string of the molecule is C=CCSc1nnc2c3c4c(sc3nc(SC)n12)CCC4. The van der Waals surface area contributed by atoms with Gasteiger partial charge >= 0.3 is 0 Å². The Hall–Kier alpha value is -1.05. The predicted molar refractivity (Wildman–Crippen MR) is 90.9 cm³/mol. The highest BCUT2D eigenvalue weighted by molar-refractivity contribution is 7.99. The third-order valence-corrected chi connectivity index (χ3v) is 6.41. The fraction of sp³-hybridized carbons (Fsp3) is 0.357. The van der Waals surface area contributed by atoms with Gasteiger partial charge in [0.05, 0.1) is 5.39 Å². The summed E-state index contributed by atoms with van der Waals surface area (Å²) < 4.78 is 2.10. The van der Waals surface area contributed by atoms with Crippen molar-refractivity contribution in [1.82, 2.24) is 19.6 Å². The lowest BCUT2D eigenvalue weighted by Crippen LogP contribution is -1.97. The summed E-state index contributed by atoms with van der Waals surface area (Å²) >= 11 is 5.13. The minimum Gasteiger partial charge on any atom is -0.248 e. The minimum atomic E-state index is 0.828. The Morgan fingerprint density at radius 3 is 3.05 bits per heavy atom. The highest BCUT2D eigenvalue weighted by Crippen LogP contribution is 2.40. The molecule has 0 fully saturated rings. The summed E-state index contributed by atoms with van der Waals surface area (Å²) in [5.74, 6) is 0.828. The lowest BCUT2D eigenvalue weighted by atomic mass is 10.2. The van der Waals surface area contributed by atoms with E-state index in [-0.39, 0.29) is 0 Å². The van der Waals surface area contributed by atoms with E-state index in [1.165, 1.54) is 28.7 Å². The molecule has 0 bridgehead atoms. The van der Waals surface area contributed by atoms with Crippen molar-refractivity contribution in [1.29, 1.82) is 0 Å². The van der Waals surface area contributed by atoms with E-state index in [1.807, 2.05) is 17.4 Å². The Balaban J connectivity index is 2.04. The van der Waals surface area contributed by atoms with Crippen LogP contribution in [0.4, 0.5) is 0 Å². The highest BCUT2D eigenvalue weighted by Gasteiger charge is 2.24. The van der Waals surface area contributed by atoms with Gasteiger partial charge in [0.15, 0.2) is 16.0 Å². The van der Waals surface area contributed by atoms with E-state index in [1.54, 1.807) is 23.5 Å². The minimum absolute atomic E-state index is 0.828. The molecule has 0 N–H and O–H groups in total. The molecule has 0 atom stereocenters. The molecule has 1 aliphatic rings. The van der Waals surface area contributed by atoms with Gasteiger partial charge in [0.1, 0.15) is 4.83 Å². The second kappa shape index (κ2) is 5.30. The molecule has 0 aromatic carbocycles. The van der Waals surface area contributed by atoms with Gasteiger partial charge in [-0.05, 0) is 31.1 Å². The molecule has 3 heterocycles. The molecular formula is C14H14N4S3. The quantitative estimate of drug-likeness (QED) is 0.412. The molecular weight excluding hydrogens is 320 g/mol. The average Bonchev–Trinajstić information content (AvgIpc) is 3.17.